The molecule has 0 bridgehead atoms. The Morgan fingerprint density at radius 3 is 2.58 bits per heavy atom. The molecule has 2 aliphatic rings. The fourth-order valence-corrected chi connectivity index (χ4v) is 8.42. The van der Waals surface area contributed by atoms with Crippen LogP contribution in [0.1, 0.15) is 0 Å². The third-order valence-corrected chi connectivity index (χ3v) is 10.3. The summed E-state index contributed by atoms with van der Waals surface area (Å²) in [4.78, 5) is 51.4. The van der Waals surface area contributed by atoms with Gasteiger partial charge in [-0.05, 0) is 0 Å². The van der Waals surface area contributed by atoms with Crippen LogP contribution in [0.4, 0.5) is 11.8 Å². The Morgan fingerprint density at radius 1 is 1.19 bits per heavy atom. The van der Waals surface area contributed by atoms with Gasteiger partial charge in [0, 0.05) is 39.1 Å². The van der Waals surface area contributed by atoms with Crippen LogP contribution in [-0.2, 0) is 14.4 Å². The van der Waals surface area contributed by atoms with Gasteiger partial charge in [0.05, 0.1) is 15.8 Å². The van der Waals surface area contributed by atoms with Gasteiger partial charge in [-0.1, -0.05) is 35.0 Å². The predicted octanol–water partition coefficient (Wildman–Crippen LogP) is 2.61. The van der Waals surface area contributed by atoms with Crippen LogP contribution >= 0.6 is 70.2 Å². The summed E-state index contributed by atoms with van der Waals surface area (Å²) in [6.07, 6.45) is 2.85. The number of nitrogens with zero attached hydrogens (tertiary/aromatic N) is 4. The van der Waals surface area contributed by atoms with E-state index in [9.17, 15) is 19.5 Å². The molecule has 36 heavy (non-hydrogen) atoms. The minimum absolute atomic E-state index is 0.0252. The molecule has 0 spiro atoms. The number of rotatable bonds is 9. The SMILES string of the molecule is Nc1cc(SCSC2=C(C(=O)O)N3C(=O)C(NC(=O)CSc4c(Cl)cncc4Cl)C3SC2)nc(N)n1. The number of thioether (sulfide) groups is 4. The minimum atomic E-state index is -1.21. The molecule has 2 aromatic rings. The molecule has 11 nitrogen and oxygen atoms in total. The zero-order chi connectivity index (χ0) is 26.0. The summed E-state index contributed by atoms with van der Waals surface area (Å²) >= 11 is 17.3. The molecule has 0 aliphatic carbocycles. The molecule has 2 aromatic heterocycles. The first-order valence-corrected chi connectivity index (χ1v) is 14.7. The van der Waals surface area contributed by atoms with Gasteiger partial charge in [-0.15, -0.1) is 35.3 Å². The number of aliphatic carboxylic acids is 1. The van der Waals surface area contributed by atoms with Crippen molar-refractivity contribution >= 4 is 99.8 Å². The highest BCUT2D eigenvalue weighted by Crippen LogP contribution is 2.44. The van der Waals surface area contributed by atoms with Crippen molar-refractivity contribution in [1.82, 2.24) is 25.2 Å². The fraction of sp³-hybridized carbons (Fsp3) is 0.263. The third kappa shape index (κ3) is 5.92. The second-order valence-electron chi connectivity index (χ2n) is 7.15. The molecule has 2 aliphatic heterocycles. The minimum Gasteiger partial charge on any atom is -0.477 e. The van der Waals surface area contributed by atoms with Crippen molar-refractivity contribution in [3.8, 4) is 0 Å². The number of nitrogens with one attached hydrogen (secondary N) is 1. The molecule has 4 heterocycles. The van der Waals surface area contributed by atoms with Gasteiger partial charge in [0.15, 0.2) is 0 Å². The number of carboxylic acid groups (broad SMARTS) is 1. The van der Waals surface area contributed by atoms with E-state index in [1.165, 1.54) is 52.6 Å². The number of nitrogen functional groups attached to an aromatic ring is 2. The highest BCUT2D eigenvalue weighted by atomic mass is 35.5. The number of carboxylic acids is 1. The summed E-state index contributed by atoms with van der Waals surface area (Å²) in [6.45, 7) is 0. The van der Waals surface area contributed by atoms with Gasteiger partial charge in [0.2, 0.25) is 11.9 Å². The lowest BCUT2D eigenvalue weighted by atomic mass is 10.1. The van der Waals surface area contributed by atoms with E-state index in [4.69, 9.17) is 34.7 Å². The van der Waals surface area contributed by atoms with Gasteiger partial charge >= 0.3 is 5.97 Å². The number of β-lactam (4-membered cyclic amide) rings is 1. The van der Waals surface area contributed by atoms with Crippen LogP contribution in [-0.4, -0.2) is 70.7 Å². The van der Waals surface area contributed by atoms with Gasteiger partial charge in [-0.25, -0.2) is 9.78 Å². The van der Waals surface area contributed by atoms with Crippen molar-refractivity contribution in [2.24, 2.45) is 0 Å². The number of anilines is 2. The Balaban J connectivity index is 1.36. The zero-order valence-electron chi connectivity index (χ0n) is 18.0. The number of aromatic nitrogens is 3. The molecule has 17 heteroatoms. The molecule has 190 valence electrons. The van der Waals surface area contributed by atoms with Gasteiger partial charge < -0.3 is 21.9 Å². The Morgan fingerprint density at radius 2 is 1.92 bits per heavy atom. The van der Waals surface area contributed by atoms with E-state index in [0.29, 0.717) is 35.7 Å². The first-order valence-electron chi connectivity index (χ1n) is 9.93. The lowest BCUT2D eigenvalue weighted by molar-refractivity contribution is -0.150. The normalized spacial score (nSPS) is 19.1. The van der Waals surface area contributed by atoms with Crippen molar-refractivity contribution in [3.63, 3.8) is 0 Å². The van der Waals surface area contributed by atoms with Crippen LogP contribution in [0, 0.1) is 0 Å². The quantitative estimate of drug-likeness (QED) is 0.142. The maximum Gasteiger partial charge on any atom is 0.353 e. The molecule has 1 saturated heterocycles. The van der Waals surface area contributed by atoms with Crippen molar-refractivity contribution in [1.29, 1.82) is 0 Å². The van der Waals surface area contributed by atoms with E-state index in [0.717, 1.165) is 11.8 Å². The highest BCUT2D eigenvalue weighted by molar-refractivity contribution is 8.18. The van der Waals surface area contributed by atoms with Gasteiger partial charge in [-0.2, -0.15) is 4.98 Å². The molecule has 6 N–H and O–H groups in total. The summed E-state index contributed by atoms with van der Waals surface area (Å²) < 4.78 is 0. The molecule has 2 atom stereocenters. The van der Waals surface area contributed by atoms with Crippen LogP contribution in [0.5, 0.6) is 0 Å². The Labute approximate surface area is 231 Å². The van der Waals surface area contributed by atoms with E-state index >= 15 is 0 Å². The topological polar surface area (TPSA) is 177 Å². The van der Waals surface area contributed by atoms with Crippen LogP contribution in [0.15, 0.2) is 39.0 Å². The number of nitrogens with two attached hydrogens (primary N) is 2. The first kappa shape index (κ1) is 27.0. The van der Waals surface area contributed by atoms with E-state index in [1.54, 1.807) is 6.07 Å². The second-order valence-corrected chi connectivity index (χ2v) is 12.5. The van der Waals surface area contributed by atoms with Crippen LogP contribution in [0.3, 0.4) is 0 Å². The second kappa shape index (κ2) is 11.6. The van der Waals surface area contributed by atoms with Gasteiger partial charge in [0.25, 0.3) is 5.91 Å². The highest BCUT2D eigenvalue weighted by Gasteiger charge is 2.54. The number of carbonyl (C=O) groups excluding carboxylic acids is 2. The molecule has 4 rings (SSSR count). The lowest BCUT2D eigenvalue weighted by Gasteiger charge is -2.49. The van der Waals surface area contributed by atoms with E-state index in [-0.39, 0.29) is 23.2 Å². The summed E-state index contributed by atoms with van der Waals surface area (Å²) in [6, 6.07) is 0.745. The fourth-order valence-electron chi connectivity index (χ4n) is 3.29. The number of hydrogen-bond acceptors (Lipinski definition) is 12. The molecule has 0 radical (unpaired) electrons. The predicted molar refractivity (Wildman–Crippen MR) is 144 cm³/mol. The average Bonchev–Trinajstić information content (AvgIpc) is 2.81. The Hall–Kier alpha value is -2.04. The van der Waals surface area contributed by atoms with Crippen molar-refractivity contribution in [3.05, 3.63) is 39.1 Å². The molecular formula is C19H17Cl2N7O4S4. The summed E-state index contributed by atoms with van der Waals surface area (Å²) in [5.74, 6) is -1.45. The molecule has 0 aromatic carbocycles. The molecule has 1 fully saturated rings. The van der Waals surface area contributed by atoms with Crippen LogP contribution in [0.25, 0.3) is 0 Å². The molecule has 2 unspecified atom stereocenters. The van der Waals surface area contributed by atoms with Crippen LogP contribution < -0.4 is 16.8 Å². The largest absolute Gasteiger partial charge is 0.477 e. The first-order chi connectivity index (χ1) is 17.2. The number of halogens is 2. The molecule has 0 saturated carbocycles. The maximum atomic E-state index is 12.8. The van der Waals surface area contributed by atoms with E-state index < -0.39 is 29.2 Å². The number of fused-ring (bicyclic) bond motifs is 1. The molecule has 2 amide bonds. The molecular weight excluding hydrogens is 589 g/mol. The summed E-state index contributed by atoms with van der Waals surface area (Å²) in [5, 5.41) is 13.6. The summed E-state index contributed by atoms with van der Waals surface area (Å²) in [7, 11) is 0. The van der Waals surface area contributed by atoms with Gasteiger partial charge in [-0.3, -0.25) is 19.5 Å². The number of pyridine rings is 1. The smallest absolute Gasteiger partial charge is 0.353 e. The average molecular weight is 607 g/mol. The van der Waals surface area contributed by atoms with E-state index in [2.05, 4.69) is 20.3 Å². The zero-order valence-corrected chi connectivity index (χ0v) is 22.8. The monoisotopic (exact) mass is 605 g/mol. The van der Waals surface area contributed by atoms with Crippen LogP contribution in [0.2, 0.25) is 10.0 Å². The van der Waals surface area contributed by atoms with E-state index in [1.807, 2.05) is 0 Å². The van der Waals surface area contributed by atoms with Gasteiger partial charge in [0.1, 0.15) is 28.0 Å². The van der Waals surface area contributed by atoms with Crippen molar-refractivity contribution in [2.45, 2.75) is 21.3 Å². The maximum absolute atomic E-state index is 12.8. The van der Waals surface area contributed by atoms with Crippen molar-refractivity contribution < 1.29 is 19.5 Å². The van der Waals surface area contributed by atoms with Crippen molar-refractivity contribution in [2.75, 3.05) is 28.1 Å². The third-order valence-electron chi connectivity index (χ3n) is 4.79. The lowest BCUT2D eigenvalue weighted by Crippen LogP contribution is -2.70. The number of carbonyl (C=O) groups is 3. The standard InChI is InChI=1S/C19H17Cl2N7O4S4/c20-7-2-24-3-8(21)15(7)33-5-11(29)26-13-16(30)28-14(18(31)32)9(4-34-17(13)28)35-6-36-12-1-10(22)25-19(23)27-12/h1-3,13,17H,4-6H2,(H,26,29)(H,31,32)(H4,22,23,25,27). The number of amides is 2. The Kier molecular flexibility index (Phi) is 8.67. The Bertz CT molecular complexity index is 1230. The summed E-state index contributed by atoms with van der Waals surface area (Å²) in [5.41, 5.74) is 11.2. The number of hydrogen-bond donors (Lipinski definition) is 4.